The van der Waals surface area contributed by atoms with Crippen LogP contribution in [0, 0.1) is 30.6 Å². The predicted octanol–water partition coefficient (Wildman–Crippen LogP) is 2.20. The molecular formula is C15H21N3O. The highest BCUT2D eigenvalue weighted by atomic mass is 16.1. The van der Waals surface area contributed by atoms with Gasteiger partial charge < -0.3 is 10.7 Å². The summed E-state index contributed by atoms with van der Waals surface area (Å²) in [6.07, 6.45) is 6.80. The quantitative estimate of drug-likeness (QED) is 0.812. The number of hydrogen-bond acceptors (Lipinski definition) is 3. The van der Waals surface area contributed by atoms with Crippen molar-refractivity contribution < 1.29 is 0 Å². The van der Waals surface area contributed by atoms with Crippen LogP contribution in [0.25, 0.3) is 0 Å². The molecule has 0 spiro atoms. The van der Waals surface area contributed by atoms with Gasteiger partial charge in [-0.3, -0.25) is 4.79 Å². The molecule has 4 fully saturated rings. The zero-order valence-corrected chi connectivity index (χ0v) is 11.4. The Labute approximate surface area is 112 Å². The van der Waals surface area contributed by atoms with E-state index in [1.807, 2.05) is 6.92 Å². The zero-order chi connectivity index (χ0) is 13.1. The van der Waals surface area contributed by atoms with Gasteiger partial charge in [0, 0.05) is 5.92 Å². The lowest BCUT2D eigenvalue weighted by Crippen LogP contribution is -2.44. The third-order valence-electron chi connectivity index (χ3n) is 5.71. The molecule has 1 aromatic heterocycles. The Bertz CT molecular complexity index is 549. The zero-order valence-electron chi connectivity index (χ0n) is 11.4. The molecule has 1 aromatic rings. The van der Waals surface area contributed by atoms with Gasteiger partial charge in [-0.2, -0.15) is 0 Å². The second-order valence-corrected chi connectivity index (χ2v) is 6.91. The van der Waals surface area contributed by atoms with Gasteiger partial charge in [0.2, 0.25) is 0 Å². The predicted molar refractivity (Wildman–Crippen MR) is 73.8 cm³/mol. The highest BCUT2D eigenvalue weighted by molar-refractivity contribution is 5.39. The number of aromatic amines is 1. The van der Waals surface area contributed by atoms with Crippen LogP contribution in [0.3, 0.4) is 0 Å². The lowest BCUT2D eigenvalue weighted by Gasteiger charge is -2.54. The van der Waals surface area contributed by atoms with Crippen molar-refractivity contribution in [2.24, 2.45) is 23.7 Å². The molecule has 0 aliphatic heterocycles. The van der Waals surface area contributed by atoms with Gasteiger partial charge in [0.25, 0.3) is 5.56 Å². The van der Waals surface area contributed by atoms with Gasteiger partial charge in [0.1, 0.15) is 11.5 Å². The fraction of sp³-hybridized carbons (Fsp3) is 0.733. The first-order chi connectivity index (χ1) is 9.11. The van der Waals surface area contributed by atoms with Crippen LogP contribution in [-0.2, 0) is 0 Å². The molecule has 0 atom stereocenters. The number of aryl methyl sites for hydroxylation is 1. The van der Waals surface area contributed by atoms with E-state index in [9.17, 15) is 4.79 Å². The number of hydrogen-bond donors (Lipinski definition) is 2. The Hall–Kier alpha value is -1.32. The Morgan fingerprint density at radius 2 is 1.68 bits per heavy atom. The van der Waals surface area contributed by atoms with Crippen molar-refractivity contribution in [1.82, 2.24) is 9.97 Å². The number of H-pyrrole nitrogens is 1. The maximum atomic E-state index is 11.9. The van der Waals surface area contributed by atoms with Crippen molar-refractivity contribution >= 4 is 5.69 Å². The molecule has 4 bridgehead atoms. The third kappa shape index (κ3) is 1.65. The molecule has 0 amide bonds. The number of rotatable bonds is 1. The van der Waals surface area contributed by atoms with Crippen molar-refractivity contribution in [2.75, 3.05) is 5.73 Å². The molecule has 4 heteroatoms. The average Bonchev–Trinajstić information content (AvgIpc) is 2.34. The van der Waals surface area contributed by atoms with Gasteiger partial charge >= 0.3 is 0 Å². The minimum atomic E-state index is -0.156. The summed E-state index contributed by atoms with van der Waals surface area (Å²) in [5.41, 5.74) is 6.52. The molecule has 4 aliphatic carbocycles. The Kier molecular flexibility index (Phi) is 2.32. The van der Waals surface area contributed by atoms with Crippen molar-refractivity contribution in [3.63, 3.8) is 0 Å². The van der Waals surface area contributed by atoms with Crippen LogP contribution in [0.4, 0.5) is 5.69 Å². The first-order valence-corrected chi connectivity index (χ1v) is 7.48. The van der Waals surface area contributed by atoms with Crippen molar-refractivity contribution in [3.05, 3.63) is 21.9 Å². The van der Waals surface area contributed by atoms with E-state index in [1.165, 1.54) is 32.1 Å². The van der Waals surface area contributed by atoms with Gasteiger partial charge in [-0.1, -0.05) is 0 Å². The monoisotopic (exact) mass is 259 g/mol. The highest BCUT2D eigenvalue weighted by Gasteiger charge is 2.49. The molecule has 0 saturated heterocycles. The first kappa shape index (κ1) is 11.5. The van der Waals surface area contributed by atoms with Crippen LogP contribution in [0.5, 0.6) is 0 Å². The normalized spacial score (nSPS) is 39.7. The summed E-state index contributed by atoms with van der Waals surface area (Å²) in [6.45, 7) is 1.84. The van der Waals surface area contributed by atoms with Crippen LogP contribution < -0.4 is 11.3 Å². The summed E-state index contributed by atoms with van der Waals surface area (Å²) < 4.78 is 0. The van der Waals surface area contributed by atoms with E-state index in [-0.39, 0.29) is 11.2 Å². The summed E-state index contributed by atoms with van der Waals surface area (Å²) in [5.74, 6) is 4.75. The van der Waals surface area contributed by atoms with Crippen molar-refractivity contribution in [3.8, 4) is 0 Å². The lowest BCUT2D eigenvalue weighted by molar-refractivity contribution is -0.00575. The van der Waals surface area contributed by atoms with E-state index < -0.39 is 0 Å². The van der Waals surface area contributed by atoms with Gasteiger partial charge in [-0.15, -0.1) is 0 Å². The topological polar surface area (TPSA) is 71.8 Å². The number of nitrogens with two attached hydrogens (primary N) is 1. The van der Waals surface area contributed by atoms with Crippen LogP contribution in [0.15, 0.2) is 4.79 Å². The van der Waals surface area contributed by atoms with Crippen molar-refractivity contribution in [1.29, 1.82) is 0 Å². The van der Waals surface area contributed by atoms with E-state index in [4.69, 9.17) is 5.73 Å². The van der Waals surface area contributed by atoms with Gasteiger partial charge in [0.05, 0.1) is 5.69 Å². The largest absolute Gasteiger partial charge is 0.393 e. The van der Waals surface area contributed by atoms with E-state index in [0.717, 1.165) is 29.5 Å². The van der Waals surface area contributed by atoms with Crippen LogP contribution in [0.2, 0.25) is 0 Å². The standard InChI is InChI=1S/C15H21N3O/c1-7-13(16)15(19)18-14(17-7)12-10-3-8-2-9(5-10)6-11(12)4-8/h8-12H,2-6,16H2,1H3,(H,17,18,19). The molecule has 0 unspecified atom stereocenters. The maximum Gasteiger partial charge on any atom is 0.274 e. The fourth-order valence-corrected chi connectivity index (χ4v) is 5.15. The number of nitrogen functional groups attached to an aromatic ring is 1. The minimum absolute atomic E-state index is 0.156. The number of nitrogens with one attached hydrogen (secondary N) is 1. The molecule has 5 rings (SSSR count). The maximum absolute atomic E-state index is 11.9. The summed E-state index contributed by atoms with van der Waals surface area (Å²) in [5, 5.41) is 0. The number of anilines is 1. The Balaban J connectivity index is 1.75. The molecule has 4 saturated carbocycles. The molecular weight excluding hydrogens is 238 g/mol. The number of aromatic nitrogens is 2. The third-order valence-corrected chi connectivity index (χ3v) is 5.71. The smallest absolute Gasteiger partial charge is 0.274 e. The second-order valence-electron chi connectivity index (χ2n) is 6.91. The molecule has 19 heavy (non-hydrogen) atoms. The first-order valence-electron chi connectivity index (χ1n) is 7.48. The average molecular weight is 259 g/mol. The van der Waals surface area contributed by atoms with Gasteiger partial charge in [-0.05, 0) is 62.7 Å². The molecule has 0 radical (unpaired) electrons. The summed E-state index contributed by atoms with van der Waals surface area (Å²) in [6, 6.07) is 0. The molecule has 0 aromatic carbocycles. The molecule has 102 valence electrons. The van der Waals surface area contributed by atoms with Crippen LogP contribution in [-0.4, -0.2) is 9.97 Å². The minimum Gasteiger partial charge on any atom is -0.393 e. The van der Waals surface area contributed by atoms with Gasteiger partial charge in [-0.25, -0.2) is 4.98 Å². The van der Waals surface area contributed by atoms with E-state index in [1.54, 1.807) is 0 Å². The van der Waals surface area contributed by atoms with E-state index in [0.29, 0.717) is 11.6 Å². The molecule has 4 nitrogen and oxygen atoms in total. The molecule has 1 heterocycles. The summed E-state index contributed by atoms with van der Waals surface area (Å²) >= 11 is 0. The Morgan fingerprint density at radius 3 is 2.21 bits per heavy atom. The van der Waals surface area contributed by atoms with Gasteiger partial charge in [0.15, 0.2) is 0 Å². The lowest BCUT2D eigenvalue weighted by atomic mass is 9.51. The second kappa shape index (κ2) is 3.84. The van der Waals surface area contributed by atoms with Crippen molar-refractivity contribution in [2.45, 2.75) is 44.9 Å². The molecule has 3 N–H and O–H groups in total. The van der Waals surface area contributed by atoms with Crippen LogP contribution >= 0.6 is 0 Å². The summed E-state index contributed by atoms with van der Waals surface area (Å²) in [7, 11) is 0. The fourth-order valence-electron chi connectivity index (χ4n) is 5.15. The Morgan fingerprint density at radius 1 is 1.11 bits per heavy atom. The van der Waals surface area contributed by atoms with Crippen LogP contribution in [0.1, 0.15) is 49.5 Å². The summed E-state index contributed by atoms with van der Waals surface area (Å²) in [4.78, 5) is 19.4. The van der Waals surface area contributed by atoms with E-state index in [2.05, 4.69) is 9.97 Å². The SMILES string of the molecule is Cc1nc(C2C3CC4CC(C3)CC2C4)[nH]c(=O)c1N. The molecule has 4 aliphatic rings. The number of nitrogens with zero attached hydrogens (tertiary/aromatic N) is 1. The van der Waals surface area contributed by atoms with E-state index >= 15 is 0 Å². The highest BCUT2D eigenvalue weighted by Crippen LogP contribution is 2.59.